The molecule has 2 aromatic carbocycles. The molecule has 0 unspecified atom stereocenters. The molecule has 1 aromatic heterocycles. The molecule has 0 bridgehead atoms. The van der Waals surface area contributed by atoms with Crippen LogP contribution in [0, 0.1) is 0 Å². The second-order valence-corrected chi connectivity index (χ2v) is 8.27. The van der Waals surface area contributed by atoms with E-state index < -0.39 is 5.91 Å². The molecule has 1 aliphatic heterocycles. The Labute approximate surface area is 182 Å². The summed E-state index contributed by atoms with van der Waals surface area (Å²) in [6, 6.07) is 13.8. The molecule has 0 saturated carbocycles. The van der Waals surface area contributed by atoms with E-state index in [1.165, 1.54) is 0 Å². The van der Waals surface area contributed by atoms with Crippen LogP contribution in [0.3, 0.4) is 0 Å². The van der Waals surface area contributed by atoms with Crippen molar-refractivity contribution in [1.82, 2.24) is 9.47 Å². The van der Waals surface area contributed by atoms with Gasteiger partial charge in [-0.1, -0.05) is 6.07 Å². The fourth-order valence-electron chi connectivity index (χ4n) is 4.51. The lowest BCUT2D eigenvalue weighted by Crippen LogP contribution is -2.35. The number of carbonyl (C=O) groups is 2. The van der Waals surface area contributed by atoms with E-state index in [4.69, 9.17) is 10.5 Å². The highest BCUT2D eigenvalue weighted by Gasteiger charge is 2.22. The van der Waals surface area contributed by atoms with Gasteiger partial charge in [0.1, 0.15) is 5.75 Å². The van der Waals surface area contributed by atoms with Crippen LogP contribution in [0.4, 0.5) is 0 Å². The molecule has 0 spiro atoms. The summed E-state index contributed by atoms with van der Waals surface area (Å²) in [5.41, 5.74) is 8.89. The normalized spacial score (nSPS) is 15.3. The Morgan fingerprint density at radius 2 is 1.81 bits per heavy atom. The van der Waals surface area contributed by atoms with Gasteiger partial charge in [-0.25, -0.2) is 0 Å². The highest BCUT2D eigenvalue weighted by molar-refractivity contribution is 5.97. The SMILES string of the molecule is COc1ccc(C(C)=O)cc1CCN1CCC(n2ccc3ccc(C(N)=O)cc32)CC1. The van der Waals surface area contributed by atoms with Gasteiger partial charge in [0.25, 0.3) is 0 Å². The standard InChI is InChI=1S/C25H29N3O3/c1-17(29)19-5-6-24(31-2)20(15-19)7-11-27-12-9-22(10-13-27)28-14-8-18-3-4-21(25(26)30)16-23(18)28/h3-6,8,14-16,22H,7,9-13H2,1-2H3,(H2,26,30). The van der Waals surface area contributed by atoms with Gasteiger partial charge in [0.15, 0.2) is 5.78 Å². The number of Topliss-reactive ketones (excluding diaryl/α,β-unsaturated/α-hetero) is 1. The van der Waals surface area contributed by atoms with Crippen LogP contribution in [0.25, 0.3) is 10.9 Å². The molecule has 0 aliphatic carbocycles. The van der Waals surface area contributed by atoms with E-state index in [1.54, 1.807) is 20.1 Å². The molecule has 31 heavy (non-hydrogen) atoms. The molecule has 1 fully saturated rings. The van der Waals surface area contributed by atoms with E-state index in [-0.39, 0.29) is 5.78 Å². The van der Waals surface area contributed by atoms with Crippen LogP contribution in [0.1, 0.15) is 52.1 Å². The third-order valence-corrected chi connectivity index (χ3v) is 6.34. The molecule has 2 N–H and O–H groups in total. The van der Waals surface area contributed by atoms with Crippen molar-refractivity contribution in [2.75, 3.05) is 26.7 Å². The number of likely N-dealkylation sites (tertiary alicyclic amines) is 1. The molecule has 162 valence electrons. The van der Waals surface area contributed by atoms with Crippen LogP contribution in [0.5, 0.6) is 5.75 Å². The zero-order chi connectivity index (χ0) is 22.0. The quantitative estimate of drug-likeness (QED) is 0.591. The molecular formula is C25H29N3O3. The molecule has 4 rings (SSSR count). The summed E-state index contributed by atoms with van der Waals surface area (Å²) in [6.07, 6.45) is 5.07. The minimum absolute atomic E-state index is 0.0724. The van der Waals surface area contributed by atoms with Gasteiger partial charge in [0.2, 0.25) is 5.91 Å². The number of carbonyl (C=O) groups excluding carboxylic acids is 2. The van der Waals surface area contributed by atoms with Crippen LogP contribution in [0.15, 0.2) is 48.7 Å². The predicted octanol–water partition coefficient (Wildman–Crippen LogP) is 3.83. The van der Waals surface area contributed by atoms with Crippen molar-refractivity contribution in [1.29, 1.82) is 0 Å². The van der Waals surface area contributed by atoms with Crippen molar-refractivity contribution in [3.63, 3.8) is 0 Å². The van der Waals surface area contributed by atoms with E-state index in [2.05, 4.69) is 21.7 Å². The lowest BCUT2D eigenvalue weighted by atomic mass is 10.0. The maximum atomic E-state index is 11.7. The van der Waals surface area contributed by atoms with Gasteiger partial charge in [-0.3, -0.25) is 9.59 Å². The topological polar surface area (TPSA) is 77.6 Å². The van der Waals surface area contributed by atoms with E-state index >= 15 is 0 Å². The third kappa shape index (κ3) is 4.49. The summed E-state index contributed by atoms with van der Waals surface area (Å²) in [5.74, 6) is 0.515. The van der Waals surface area contributed by atoms with Gasteiger partial charge in [0, 0.05) is 48.5 Å². The number of rotatable bonds is 7. The number of ether oxygens (including phenoxy) is 1. The molecule has 1 saturated heterocycles. The van der Waals surface area contributed by atoms with Crippen molar-refractivity contribution < 1.29 is 14.3 Å². The van der Waals surface area contributed by atoms with Crippen LogP contribution in [-0.2, 0) is 6.42 Å². The zero-order valence-corrected chi connectivity index (χ0v) is 18.1. The minimum atomic E-state index is -0.395. The smallest absolute Gasteiger partial charge is 0.248 e. The van der Waals surface area contributed by atoms with Crippen molar-refractivity contribution >= 4 is 22.6 Å². The van der Waals surface area contributed by atoms with Gasteiger partial charge < -0.3 is 19.9 Å². The first-order valence-corrected chi connectivity index (χ1v) is 10.8. The number of primary amides is 1. The Morgan fingerprint density at radius 1 is 1.06 bits per heavy atom. The average molecular weight is 420 g/mol. The number of fused-ring (bicyclic) bond motifs is 1. The first-order valence-electron chi connectivity index (χ1n) is 10.8. The summed E-state index contributed by atoms with van der Waals surface area (Å²) in [5, 5.41) is 1.13. The first-order chi connectivity index (χ1) is 15.0. The Bertz CT molecular complexity index is 1110. The van der Waals surface area contributed by atoms with Crippen molar-refractivity contribution in [3.05, 3.63) is 65.4 Å². The number of benzene rings is 2. The largest absolute Gasteiger partial charge is 0.496 e. The van der Waals surface area contributed by atoms with Crippen LogP contribution in [-0.4, -0.2) is 47.9 Å². The predicted molar refractivity (Wildman–Crippen MR) is 122 cm³/mol. The number of piperidine rings is 1. The number of nitrogens with zero attached hydrogens (tertiary/aromatic N) is 2. The van der Waals surface area contributed by atoms with Crippen LogP contribution in [0.2, 0.25) is 0 Å². The van der Waals surface area contributed by atoms with Crippen molar-refractivity contribution in [2.24, 2.45) is 5.73 Å². The van der Waals surface area contributed by atoms with Crippen molar-refractivity contribution in [2.45, 2.75) is 32.2 Å². The zero-order valence-electron chi connectivity index (χ0n) is 18.1. The Kier molecular flexibility index (Phi) is 6.09. The highest BCUT2D eigenvalue weighted by Crippen LogP contribution is 2.29. The number of methoxy groups -OCH3 is 1. The fourth-order valence-corrected chi connectivity index (χ4v) is 4.51. The number of aromatic nitrogens is 1. The molecule has 0 atom stereocenters. The van der Waals surface area contributed by atoms with Crippen molar-refractivity contribution in [3.8, 4) is 5.75 Å². The van der Waals surface area contributed by atoms with E-state index in [9.17, 15) is 9.59 Å². The number of ketones is 1. The highest BCUT2D eigenvalue weighted by atomic mass is 16.5. The summed E-state index contributed by atoms with van der Waals surface area (Å²) < 4.78 is 7.78. The van der Waals surface area contributed by atoms with Crippen LogP contribution < -0.4 is 10.5 Å². The molecule has 1 aliphatic rings. The number of nitrogens with two attached hydrogens (primary N) is 1. The Morgan fingerprint density at radius 3 is 2.48 bits per heavy atom. The maximum Gasteiger partial charge on any atom is 0.248 e. The Hall–Kier alpha value is -3.12. The molecule has 6 nitrogen and oxygen atoms in total. The van der Waals surface area contributed by atoms with E-state index in [0.29, 0.717) is 11.6 Å². The second-order valence-electron chi connectivity index (χ2n) is 8.27. The third-order valence-electron chi connectivity index (χ3n) is 6.34. The monoisotopic (exact) mass is 419 g/mol. The van der Waals surface area contributed by atoms with E-state index in [0.717, 1.165) is 66.7 Å². The maximum absolute atomic E-state index is 11.7. The molecule has 0 radical (unpaired) electrons. The molecule has 6 heteroatoms. The minimum Gasteiger partial charge on any atom is -0.496 e. The second kappa shape index (κ2) is 8.94. The van der Waals surface area contributed by atoms with Gasteiger partial charge >= 0.3 is 0 Å². The lowest BCUT2D eigenvalue weighted by molar-refractivity contribution is 0.0996. The summed E-state index contributed by atoms with van der Waals surface area (Å²) in [6.45, 7) is 4.54. The van der Waals surface area contributed by atoms with Gasteiger partial charge in [-0.2, -0.15) is 0 Å². The Balaban J connectivity index is 1.40. The van der Waals surface area contributed by atoms with Gasteiger partial charge in [-0.05, 0) is 73.5 Å². The first kappa shape index (κ1) is 21.1. The lowest BCUT2D eigenvalue weighted by Gasteiger charge is -2.33. The number of hydrogen-bond acceptors (Lipinski definition) is 4. The molecule has 1 amide bonds. The number of hydrogen-bond donors (Lipinski definition) is 1. The summed E-state index contributed by atoms with van der Waals surface area (Å²) in [4.78, 5) is 25.8. The van der Waals surface area contributed by atoms with Crippen LogP contribution >= 0.6 is 0 Å². The molecule has 2 heterocycles. The molecular weight excluding hydrogens is 390 g/mol. The summed E-state index contributed by atoms with van der Waals surface area (Å²) >= 11 is 0. The fraction of sp³-hybridized carbons (Fsp3) is 0.360. The van der Waals surface area contributed by atoms with Gasteiger partial charge in [-0.15, -0.1) is 0 Å². The van der Waals surface area contributed by atoms with E-state index in [1.807, 2.05) is 30.3 Å². The molecule has 3 aromatic rings. The number of amides is 1. The van der Waals surface area contributed by atoms with Gasteiger partial charge in [0.05, 0.1) is 7.11 Å². The summed E-state index contributed by atoms with van der Waals surface area (Å²) in [7, 11) is 1.67. The average Bonchev–Trinajstić information content (AvgIpc) is 3.21.